The maximum atomic E-state index is 11.3. The Labute approximate surface area is 116 Å². The van der Waals surface area contributed by atoms with E-state index in [0.29, 0.717) is 24.3 Å². The first-order valence-corrected chi connectivity index (χ1v) is 8.33. The standard InChI is InChI=1S/C12H17BrO4S/c1-2-18(15,16)8-4-7-17-12-10(9-14)5-3-6-11(12)13/h3,5-6,14H,2,4,7-9H2,1H3. The van der Waals surface area contributed by atoms with Crippen LogP contribution >= 0.6 is 15.9 Å². The highest BCUT2D eigenvalue weighted by atomic mass is 79.9. The van der Waals surface area contributed by atoms with E-state index in [0.717, 1.165) is 4.47 Å². The number of para-hydroxylation sites is 1. The maximum absolute atomic E-state index is 11.3. The summed E-state index contributed by atoms with van der Waals surface area (Å²) in [6, 6.07) is 5.39. The number of rotatable bonds is 7. The third kappa shape index (κ3) is 4.59. The van der Waals surface area contributed by atoms with Crippen LogP contribution in [-0.4, -0.2) is 31.6 Å². The van der Waals surface area contributed by atoms with Crippen LogP contribution in [0.5, 0.6) is 5.75 Å². The molecule has 0 saturated carbocycles. The fraction of sp³-hybridized carbons (Fsp3) is 0.500. The van der Waals surface area contributed by atoms with Crippen LogP contribution in [0.25, 0.3) is 0 Å². The molecule has 102 valence electrons. The molecule has 0 saturated heterocycles. The molecule has 6 heteroatoms. The zero-order valence-corrected chi connectivity index (χ0v) is 12.6. The van der Waals surface area contributed by atoms with Crippen molar-refractivity contribution < 1.29 is 18.3 Å². The van der Waals surface area contributed by atoms with E-state index >= 15 is 0 Å². The first kappa shape index (κ1) is 15.5. The molecule has 0 aromatic heterocycles. The van der Waals surface area contributed by atoms with Crippen LogP contribution in [-0.2, 0) is 16.4 Å². The normalized spacial score (nSPS) is 11.5. The van der Waals surface area contributed by atoms with E-state index in [1.54, 1.807) is 13.0 Å². The van der Waals surface area contributed by atoms with E-state index in [1.807, 2.05) is 12.1 Å². The average Bonchev–Trinajstić information content (AvgIpc) is 2.36. The van der Waals surface area contributed by atoms with E-state index in [-0.39, 0.29) is 18.1 Å². The molecule has 0 atom stereocenters. The van der Waals surface area contributed by atoms with Crippen molar-refractivity contribution in [2.75, 3.05) is 18.1 Å². The van der Waals surface area contributed by atoms with E-state index in [4.69, 9.17) is 4.74 Å². The highest BCUT2D eigenvalue weighted by Crippen LogP contribution is 2.29. The number of aliphatic hydroxyl groups is 1. The second-order valence-electron chi connectivity index (χ2n) is 3.82. The van der Waals surface area contributed by atoms with Crippen LogP contribution < -0.4 is 4.74 Å². The SMILES string of the molecule is CCS(=O)(=O)CCCOc1c(Br)cccc1CO. The first-order valence-electron chi connectivity index (χ1n) is 5.71. The maximum Gasteiger partial charge on any atom is 0.150 e. The number of hydrogen-bond acceptors (Lipinski definition) is 4. The molecule has 1 aromatic carbocycles. The molecule has 0 aliphatic rings. The summed E-state index contributed by atoms with van der Waals surface area (Å²) < 4.78 is 28.9. The monoisotopic (exact) mass is 336 g/mol. The van der Waals surface area contributed by atoms with Crippen LogP contribution in [0.2, 0.25) is 0 Å². The van der Waals surface area contributed by atoms with Gasteiger partial charge in [0.05, 0.1) is 23.4 Å². The summed E-state index contributed by atoms with van der Waals surface area (Å²) >= 11 is 3.34. The van der Waals surface area contributed by atoms with Crippen molar-refractivity contribution in [1.29, 1.82) is 0 Å². The minimum absolute atomic E-state index is 0.109. The highest BCUT2D eigenvalue weighted by molar-refractivity contribution is 9.10. The van der Waals surface area contributed by atoms with E-state index in [9.17, 15) is 13.5 Å². The lowest BCUT2D eigenvalue weighted by Gasteiger charge is -2.11. The Morgan fingerprint density at radius 1 is 1.39 bits per heavy atom. The molecule has 4 nitrogen and oxygen atoms in total. The Morgan fingerprint density at radius 3 is 2.72 bits per heavy atom. The smallest absolute Gasteiger partial charge is 0.150 e. The summed E-state index contributed by atoms with van der Waals surface area (Å²) in [5.74, 6) is 0.862. The fourth-order valence-corrected chi connectivity index (χ4v) is 2.81. The summed E-state index contributed by atoms with van der Waals surface area (Å²) in [6.45, 7) is 1.84. The van der Waals surface area contributed by atoms with Crippen molar-refractivity contribution in [2.24, 2.45) is 0 Å². The van der Waals surface area contributed by atoms with Crippen molar-refractivity contribution >= 4 is 25.8 Å². The summed E-state index contributed by atoms with van der Waals surface area (Å²) in [6.07, 6.45) is 0.447. The Hall–Kier alpha value is -0.590. The molecule has 0 unspecified atom stereocenters. The molecule has 0 radical (unpaired) electrons. The lowest BCUT2D eigenvalue weighted by molar-refractivity contribution is 0.262. The van der Waals surface area contributed by atoms with Crippen molar-refractivity contribution in [3.63, 3.8) is 0 Å². The Kier molecular flexibility index (Phi) is 6.11. The molecule has 0 spiro atoms. The predicted molar refractivity (Wildman–Crippen MR) is 74.5 cm³/mol. The molecule has 0 fully saturated rings. The van der Waals surface area contributed by atoms with Gasteiger partial charge in [-0.3, -0.25) is 0 Å². The lowest BCUT2D eigenvalue weighted by atomic mass is 10.2. The Morgan fingerprint density at radius 2 is 2.11 bits per heavy atom. The molecular formula is C12H17BrO4S. The highest BCUT2D eigenvalue weighted by Gasteiger charge is 2.09. The molecule has 0 aliphatic heterocycles. The summed E-state index contributed by atoms with van der Waals surface area (Å²) in [7, 11) is -2.94. The zero-order valence-electron chi connectivity index (χ0n) is 10.2. The van der Waals surface area contributed by atoms with Gasteiger partial charge in [-0.1, -0.05) is 19.1 Å². The molecule has 1 N–H and O–H groups in total. The van der Waals surface area contributed by atoms with Gasteiger partial charge in [0, 0.05) is 11.3 Å². The van der Waals surface area contributed by atoms with Crippen LogP contribution in [0, 0.1) is 0 Å². The second kappa shape index (κ2) is 7.11. The zero-order chi connectivity index (χ0) is 13.6. The Bertz CT molecular complexity index is 485. The van der Waals surface area contributed by atoms with Gasteiger partial charge in [0.15, 0.2) is 0 Å². The van der Waals surface area contributed by atoms with Crippen LogP contribution in [0.3, 0.4) is 0 Å². The van der Waals surface area contributed by atoms with Gasteiger partial charge in [-0.05, 0) is 28.4 Å². The molecular weight excluding hydrogens is 320 g/mol. The van der Waals surface area contributed by atoms with E-state index in [2.05, 4.69) is 15.9 Å². The molecule has 0 heterocycles. The van der Waals surface area contributed by atoms with Crippen molar-refractivity contribution in [2.45, 2.75) is 20.0 Å². The van der Waals surface area contributed by atoms with Gasteiger partial charge in [0.25, 0.3) is 0 Å². The van der Waals surface area contributed by atoms with Gasteiger partial charge in [-0.15, -0.1) is 0 Å². The number of aliphatic hydroxyl groups excluding tert-OH is 1. The summed E-state index contributed by atoms with van der Waals surface area (Å²) in [5, 5.41) is 9.17. The van der Waals surface area contributed by atoms with Crippen LogP contribution in [0.4, 0.5) is 0 Å². The van der Waals surface area contributed by atoms with Gasteiger partial charge in [0.2, 0.25) is 0 Å². The van der Waals surface area contributed by atoms with E-state index in [1.165, 1.54) is 0 Å². The number of ether oxygens (including phenoxy) is 1. The third-order valence-corrected chi connectivity index (χ3v) is 4.92. The quantitative estimate of drug-likeness (QED) is 0.775. The molecule has 0 aliphatic carbocycles. The van der Waals surface area contributed by atoms with Gasteiger partial charge in [0.1, 0.15) is 15.6 Å². The number of halogens is 1. The van der Waals surface area contributed by atoms with Gasteiger partial charge in [-0.2, -0.15) is 0 Å². The molecule has 18 heavy (non-hydrogen) atoms. The van der Waals surface area contributed by atoms with Crippen LogP contribution in [0.15, 0.2) is 22.7 Å². The Balaban J connectivity index is 2.54. The minimum Gasteiger partial charge on any atom is -0.492 e. The van der Waals surface area contributed by atoms with Gasteiger partial charge >= 0.3 is 0 Å². The largest absolute Gasteiger partial charge is 0.492 e. The molecule has 0 bridgehead atoms. The predicted octanol–water partition coefficient (Wildman–Crippen LogP) is 2.15. The number of sulfone groups is 1. The lowest BCUT2D eigenvalue weighted by Crippen LogP contribution is -2.12. The molecule has 1 rings (SSSR count). The van der Waals surface area contributed by atoms with Crippen LogP contribution in [0.1, 0.15) is 18.9 Å². The fourth-order valence-electron chi connectivity index (χ4n) is 1.44. The van der Waals surface area contributed by atoms with Gasteiger partial charge < -0.3 is 9.84 Å². The van der Waals surface area contributed by atoms with Crippen molar-refractivity contribution in [3.8, 4) is 5.75 Å². The number of hydrogen-bond donors (Lipinski definition) is 1. The summed E-state index contributed by atoms with van der Waals surface area (Å²) in [4.78, 5) is 0. The van der Waals surface area contributed by atoms with E-state index < -0.39 is 9.84 Å². The average molecular weight is 337 g/mol. The van der Waals surface area contributed by atoms with Crippen molar-refractivity contribution in [1.82, 2.24) is 0 Å². The van der Waals surface area contributed by atoms with Crippen molar-refractivity contribution in [3.05, 3.63) is 28.2 Å². The summed E-state index contributed by atoms with van der Waals surface area (Å²) in [5.41, 5.74) is 0.683. The third-order valence-electron chi connectivity index (χ3n) is 2.50. The first-order chi connectivity index (χ1) is 8.50. The minimum atomic E-state index is -2.94. The molecule has 0 amide bonds. The topological polar surface area (TPSA) is 63.6 Å². The molecule has 1 aromatic rings. The number of benzene rings is 1. The second-order valence-corrected chi connectivity index (χ2v) is 7.15. The van der Waals surface area contributed by atoms with Gasteiger partial charge in [-0.25, -0.2) is 8.42 Å².